The van der Waals surface area contributed by atoms with Crippen LogP contribution >= 0.6 is 0 Å². The first-order valence-electron chi connectivity index (χ1n) is 8.70. The summed E-state index contributed by atoms with van der Waals surface area (Å²) in [6.45, 7) is 0.534. The van der Waals surface area contributed by atoms with E-state index in [1.54, 1.807) is 25.3 Å². The van der Waals surface area contributed by atoms with Crippen molar-refractivity contribution in [1.29, 1.82) is 0 Å². The summed E-state index contributed by atoms with van der Waals surface area (Å²) >= 11 is 0. The van der Waals surface area contributed by atoms with Crippen molar-refractivity contribution in [2.75, 3.05) is 27.9 Å². The molecule has 1 atom stereocenters. The molecule has 1 aromatic carbocycles. The minimum absolute atomic E-state index is 0.387. The molecule has 0 spiro atoms. The minimum atomic E-state index is -0.388. The first-order chi connectivity index (χ1) is 13.2. The molecule has 0 aliphatic carbocycles. The fourth-order valence-electron chi connectivity index (χ4n) is 3.81. The molecule has 7 heteroatoms. The lowest BCUT2D eigenvalue weighted by atomic mass is 9.92. The third-order valence-corrected chi connectivity index (χ3v) is 5.04. The summed E-state index contributed by atoms with van der Waals surface area (Å²) in [5.41, 5.74) is 3.72. The first-order valence-corrected chi connectivity index (χ1v) is 8.70. The second-order valence-electron chi connectivity index (χ2n) is 6.34. The summed E-state index contributed by atoms with van der Waals surface area (Å²) in [5.74, 6) is 1.37. The number of aromatic nitrogens is 2. The molecule has 3 aromatic rings. The summed E-state index contributed by atoms with van der Waals surface area (Å²) < 4.78 is 16.0. The van der Waals surface area contributed by atoms with Gasteiger partial charge in [0.2, 0.25) is 0 Å². The Bertz CT molecular complexity index is 998. The summed E-state index contributed by atoms with van der Waals surface area (Å²) in [6, 6.07) is 9.16. The Hall–Kier alpha value is -3.22. The number of amides is 1. The lowest BCUT2D eigenvalue weighted by molar-refractivity contribution is 0.108. The van der Waals surface area contributed by atoms with Crippen LogP contribution in [0.15, 0.2) is 36.5 Å². The number of nitrogens with one attached hydrogen (secondary N) is 1. The van der Waals surface area contributed by atoms with E-state index in [0.717, 1.165) is 34.3 Å². The Morgan fingerprint density at radius 3 is 2.81 bits per heavy atom. The number of pyridine rings is 1. The molecule has 1 aliphatic heterocycles. The number of benzene rings is 1. The summed E-state index contributed by atoms with van der Waals surface area (Å²) in [4.78, 5) is 22.1. The van der Waals surface area contributed by atoms with Crippen LogP contribution in [-0.2, 0) is 11.2 Å². The van der Waals surface area contributed by atoms with Gasteiger partial charge in [0.05, 0.1) is 21.3 Å². The SMILES string of the molecule is COC(=O)N1CCc2c([nH]c3ncccc23)C1c1cc(OC)ccc1OC. The van der Waals surface area contributed by atoms with Gasteiger partial charge in [-0.1, -0.05) is 0 Å². The summed E-state index contributed by atoms with van der Waals surface area (Å²) in [7, 11) is 4.62. The van der Waals surface area contributed by atoms with Crippen molar-refractivity contribution in [3.05, 3.63) is 53.3 Å². The molecule has 1 amide bonds. The van der Waals surface area contributed by atoms with E-state index in [2.05, 4.69) is 9.97 Å². The van der Waals surface area contributed by atoms with Crippen LogP contribution in [-0.4, -0.2) is 48.8 Å². The number of ether oxygens (including phenoxy) is 3. The number of carbonyl (C=O) groups excluding carboxylic acids is 1. The van der Waals surface area contributed by atoms with Crippen molar-refractivity contribution in [3.8, 4) is 11.5 Å². The third-order valence-electron chi connectivity index (χ3n) is 5.04. The third kappa shape index (κ3) is 2.75. The van der Waals surface area contributed by atoms with E-state index >= 15 is 0 Å². The predicted octanol–water partition coefficient (Wildman–Crippen LogP) is 3.29. The van der Waals surface area contributed by atoms with E-state index in [1.807, 2.05) is 30.3 Å². The highest BCUT2D eigenvalue weighted by molar-refractivity contribution is 5.83. The number of nitrogens with zero attached hydrogens (tertiary/aromatic N) is 2. The number of H-pyrrole nitrogens is 1. The van der Waals surface area contributed by atoms with E-state index in [4.69, 9.17) is 14.2 Å². The van der Waals surface area contributed by atoms with E-state index < -0.39 is 0 Å². The Morgan fingerprint density at radius 2 is 2.07 bits per heavy atom. The normalized spacial score (nSPS) is 16.1. The monoisotopic (exact) mass is 367 g/mol. The number of hydrogen-bond donors (Lipinski definition) is 1. The topological polar surface area (TPSA) is 76.7 Å². The molecular formula is C20H21N3O4. The van der Waals surface area contributed by atoms with Gasteiger partial charge in [-0.15, -0.1) is 0 Å². The van der Waals surface area contributed by atoms with Crippen molar-refractivity contribution >= 4 is 17.1 Å². The Labute approximate surface area is 156 Å². The van der Waals surface area contributed by atoms with Crippen LogP contribution in [0.25, 0.3) is 11.0 Å². The highest BCUT2D eigenvalue weighted by atomic mass is 16.5. The molecule has 27 heavy (non-hydrogen) atoms. The Morgan fingerprint density at radius 1 is 1.22 bits per heavy atom. The molecule has 7 nitrogen and oxygen atoms in total. The van der Waals surface area contributed by atoms with E-state index in [1.165, 1.54) is 7.11 Å². The lowest BCUT2D eigenvalue weighted by Crippen LogP contribution is -2.40. The number of rotatable bonds is 3. The molecule has 0 radical (unpaired) electrons. The predicted molar refractivity (Wildman–Crippen MR) is 100 cm³/mol. The van der Waals surface area contributed by atoms with Gasteiger partial charge in [-0.25, -0.2) is 9.78 Å². The lowest BCUT2D eigenvalue weighted by Gasteiger charge is -2.35. The molecular weight excluding hydrogens is 346 g/mol. The largest absolute Gasteiger partial charge is 0.497 e. The van der Waals surface area contributed by atoms with Crippen molar-refractivity contribution in [3.63, 3.8) is 0 Å². The van der Waals surface area contributed by atoms with Gasteiger partial charge in [0.25, 0.3) is 0 Å². The van der Waals surface area contributed by atoms with Crippen molar-refractivity contribution in [2.45, 2.75) is 12.5 Å². The smallest absolute Gasteiger partial charge is 0.410 e. The fraction of sp³-hybridized carbons (Fsp3) is 0.300. The maximum Gasteiger partial charge on any atom is 0.410 e. The van der Waals surface area contributed by atoms with Gasteiger partial charge in [0.15, 0.2) is 0 Å². The number of aromatic amines is 1. The molecule has 3 heterocycles. The molecule has 1 aliphatic rings. The Balaban J connectivity index is 1.96. The van der Waals surface area contributed by atoms with Crippen LogP contribution in [0.4, 0.5) is 4.79 Å². The molecule has 0 fully saturated rings. The maximum atomic E-state index is 12.5. The minimum Gasteiger partial charge on any atom is -0.497 e. The van der Waals surface area contributed by atoms with Crippen LogP contribution in [0.3, 0.4) is 0 Å². The average Bonchev–Trinajstić information content (AvgIpc) is 3.10. The van der Waals surface area contributed by atoms with E-state index in [0.29, 0.717) is 18.0 Å². The molecule has 0 saturated heterocycles. The van der Waals surface area contributed by atoms with Gasteiger partial charge in [-0.3, -0.25) is 4.90 Å². The Kier molecular flexibility index (Phi) is 4.35. The maximum absolute atomic E-state index is 12.5. The number of hydrogen-bond acceptors (Lipinski definition) is 5. The molecule has 2 aromatic heterocycles. The summed E-state index contributed by atoms with van der Waals surface area (Å²) in [6.07, 6.45) is 2.09. The van der Waals surface area contributed by atoms with Gasteiger partial charge in [-0.05, 0) is 42.3 Å². The van der Waals surface area contributed by atoms with Crippen molar-refractivity contribution < 1.29 is 19.0 Å². The molecule has 1 unspecified atom stereocenters. The van der Waals surface area contributed by atoms with Crippen LogP contribution in [0.1, 0.15) is 22.9 Å². The average molecular weight is 367 g/mol. The standard InChI is InChI=1S/C20H21N3O4/c1-25-12-6-7-16(26-2)15(11-12)18-17-13(8-10-23(18)20(24)27-3)14-5-4-9-21-19(14)22-17/h4-7,9,11,18H,8,10H2,1-3H3,(H,21,22). The molecule has 140 valence electrons. The van der Waals surface area contributed by atoms with Gasteiger partial charge in [0.1, 0.15) is 23.2 Å². The van der Waals surface area contributed by atoms with Crippen LogP contribution in [0.2, 0.25) is 0 Å². The second-order valence-corrected chi connectivity index (χ2v) is 6.34. The van der Waals surface area contributed by atoms with E-state index in [9.17, 15) is 4.79 Å². The zero-order valence-corrected chi connectivity index (χ0v) is 15.5. The number of carbonyl (C=O) groups is 1. The van der Waals surface area contributed by atoms with Gasteiger partial charge in [-0.2, -0.15) is 0 Å². The first kappa shape index (κ1) is 17.2. The van der Waals surface area contributed by atoms with Crippen LogP contribution < -0.4 is 9.47 Å². The molecule has 4 rings (SSSR count). The van der Waals surface area contributed by atoms with Crippen molar-refractivity contribution in [2.24, 2.45) is 0 Å². The fourth-order valence-corrected chi connectivity index (χ4v) is 3.81. The summed E-state index contributed by atoms with van der Waals surface area (Å²) in [5, 5.41) is 1.07. The molecule has 0 bridgehead atoms. The van der Waals surface area contributed by atoms with Crippen LogP contribution in [0.5, 0.6) is 11.5 Å². The van der Waals surface area contributed by atoms with Crippen LogP contribution in [0, 0.1) is 0 Å². The molecule has 0 saturated carbocycles. The highest BCUT2D eigenvalue weighted by Gasteiger charge is 2.37. The molecule has 1 N–H and O–H groups in total. The van der Waals surface area contributed by atoms with Crippen molar-refractivity contribution in [1.82, 2.24) is 14.9 Å². The van der Waals surface area contributed by atoms with E-state index in [-0.39, 0.29) is 12.1 Å². The number of fused-ring (bicyclic) bond motifs is 3. The zero-order chi connectivity index (χ0) is 19.0. The quantitative estimate of drug-likeness (QED) is 0.769. The van der Waals surface area contributed by atoms with Gasteiger partial charge >= 0.3 is 6.09 Å². The highest BCUT2D eigenvalue weighted by Crippen LogP contribution is 2.42. The number of methoxy groups -OCH3 is 3. The van der Waals surface area contributed by atoms with Gasteiger partial charge in [0, 0.05) is 29.4 Å². The second kappa shape index (κ2) is 6.83. The zero-order valence-electron chi connectivity index (χ0n) is 15.5. The van der Waals surface area contributed by atoms with Gasteiger partial charge < -0.3 is 19.2 Å².